The maximum Gasteiger partial charge on any atom is 0.251 e. The van der Waals surface area contributed by atoms with Crippen LogP contribution in [0.1, 0.15) is 21.7 Å². The fourth-order valence-corrected chi connectivity index (χ4v) is 3.46. The largest absolute Gasteiger partial charge is 0.352 e. The molecule has 0 unspecified atom stereocenters. The van der Waals surface area contributed by atoms with Crippen molar-refractivity contribution in [1.82, 2.24) is 30.1 Å². The average molecular weight is 390 g/mol. The van der Waals surface area contributed by atoms with Crippen LogP contribution in [0.4, 0.5) is 0 Å². The van der Waals surface area contributed by atoms with E-state index in [1.54, 1.807) is 34.6 Å². The summed E-state index contributed by atoms with van der Waals surface area (Å²) in [6.45, 7) is 0.462. The number of nitrogens with one attached hydrogen (secondary N) is 1. The molecule has 8 heteroatoms. The number of benzene rings is 1. The van der Waals surface area contributed by atoms with Gasteiger partial charge in [0.1, 0.15) is 5.03 Å². The van der Waals surface area contributed by atoms with E-state index in [1.807, 2.05) is 48.7 Å². The molecule has 0 spiro atoms. The van der Waals surface area contributed by atoms with E-state index >= 15 is 0 Å². The quantitative estimate of drug-likeness (QED) is 0.489. The molecule has 28 heavy (non-hydrogen) atoms. The summed E-state index contributed by atoms with van der Waals surface area (Å²) in [6, 6.07) is 16.9. The van der Waals surface area contributed by atoms with Gasteiger partial charge in [0.05, 0.1) is 0 Å². The first-order valence-corrected chi connectivity index (χ1v) is 9.84. The SMILES string of the molecule is O=C(NCCc1nnc2ccc(SCc3cccnc3)nn12)c1ccccc1. The zero-order valence-electron chi connectivity index (χ0n) is 15.0. The molecule has 4 rings (SSSR count). The summed E-state index contributed by atoms with van der Waals surface area (Å²) in [6.07, 6.45) is 4.16. The molecule has 0 aliphatic rings. The molecule has 0 saturated heterocycles. The van der Waals surface area contributed by atoms with Crippen molar-refractivity contribution in [3.63, 3.8) is 0 Å². The Hall–Kier alpha value is -3.26. The monoisotopic (exact) mass is 390 g/mol. The molecule has 0 atom stereocenters. The minimum absolute atomic E-state index is 0.102. The van der Waals surface area contributed by atoms with Crippen LogP contribution >= 0.6 is 11.8 Å². The van der Waals surface area contributed by atoms with E-state index in [0.717, 1.165) is 16.3 Å². The maximum absolute atomic E-state index is 12.1. The molecule has 7 nitrogen and oxygen atoms in total. The van der Waals surface area contributed by atoms with Crippen LogP contribution in [-0.2, 0) is 12.2 Å². The van der Waals surface area contributed by atoms with Gasteiger partial charge in [0.2, 0.25) is 0 Å². The molecule has 4 aromatic rings. The summed E-state index contributed by atoms with van der Waals surface area (Å²) in [4.78, 5) is 16.3. The smallest absolute Gasteiger partial charge is 0.251 e. The predicted molar refractivity (Wildman–Crippen MR) is 107 cm³/mol. The standard InChI is InChI=1S/C20H18N6OS/c27-20(16-6-2-1-3-7-16)22-12-10-18-24-23-17-8-9-19(25-26(17)18)28-14-15-5-4-11-21-13-15/h1-9,11,13H,10,12,14H2,(H,22,27). The predicted octanol–water partition coefficient (Wildman–Crippen LogP) is 2.78. The molecule has 0 saturated carbocycles. The molecule has 0 bridgehead atoms. The van der Waals surface area contributed by atoms with Crippen LogP contribution in [0.5, 0.6) is 0 Å². The number of aromatic nitrogens is 5. The molecule has 0 aliphatic heterocycles. The van der Waals surface area contributed by atoms with Gasteiger partial charge in [-0.15, -0.1) is 10.2 Å². The van der Waals surface area contributed by atoms with Crippen LogP contribution in [0.2, 0.25) is 0 Å². The molecule has 1 aromatic carbocycles. The summed E-state index contributed by atoms with van der Waals surface area (Å²) in [7, 11) is 0. The van der Waals surface area contributed by atoms with Crippen LogP contribution in [0.3, 0.4) is 0 Å². The van der Waals surface area contributed by atoms with Gasteiger partial charge in [-0.05, 0) is 35.9 Å². The van der Waals surface area contributed by atoms with Crippen molar-refractivity contribution in [2.75, 3.05) is 6.54 Å². The topological polar surface area (TPSA) is 85.1 Å². The molecule has 0 radical (unpaired) electrons. The Balaban J connectivity index is 1.39. The molecular weight excluding hydrogens is 372 g/mol. The number of carbonyl (C=O) groups is 1. The molecular formula is C20H18N6OS. The van der Waals surface area contributed by atoms with Crippen molar-refractivity contribution in [3.05, 3.63) is 83.9 Å². The molecule has 3 heterocycles. The second-order valence-electron chi connectivity index (χ2n) is 6.08. The van der Waals surface area contributed by atoms with Crippen LogP contribution < -0.4 is 5.32 Å². The second-order valence-corrected chi connectivity index (χ2v) is 7.08. The molecule has 0 aliphatic carbocycles. The van der Waals surface area contributed by atoms with Crippen molar-refractivity contribution < 1.29 is 4.79 Å². The maximum atomic E-state index is 12.1. The number of nitrogens with zero attached hydrogens (tertiary/aromatic N) is 5. The van der Waals surface area contributed by atoms with E-state index < -0.39 is 0 Å². The van der Waals surface area contributed by atoms with E-state index in [0.29, 0.717) is 30.0 Å². The first-order valence-electron chi connectivity index (χ1n) is 8.86. The van der Waals surface area contributed by atoms with E-state index in [9.17, 15) is 4.79 Å². The third kappa shape index (κ3) is 4.34. The van der Waals surface area contributed by atoms with Gasteiger partial charge in [0.25, 0.3) is 5.91 Å². The van der Waals surface area contributed by atoms with Gasteiger partial charge in [0.15, 0.2) is 11.5 Å². The highest BCUT2D eigenvalue weighted by Crippen LogP contribution is 2.20. The van der Waals surface area contributed by atoms with Crippen LogP contribution in [0.25, 0.3) is 5.65 Å². The van der Waals surface area contributed by atoms with Crippen molar-refractivity contribution in [2.45, 2.75) is 17.2 Å². The van der Waals surface area contributed by atoms with Crippen molar-refractivity contribution >= 4 is 23.3 Å². The van der Waals surface area contributed by atoms with Gasteiger partial charge < -0.3 is 5.32 Å². The first-order chi connectivity index (χ1) is 13.8. The molecule has 1 N–H and O–H groups in total. The average Bonchev–Trinajstić information content (AvgIpc) is 3.16. The zero-order chi connectivity index (χ0) is 19.2. The molecule has 3 aromatic heterocycles. The van der Waals surface area contributed by atoms with Crippen LogP contribution in [0, 0.1) is 0 Å². The Morgan fingerprint density at radius 3 is 2.75 bits per heavy atom. The number of amides is 1. The van der Waals surface area contributed by atoms with Crippen molar-refractivity contribution in [1.29, 1.82) is 0 Å². The highest BCUT2D eigenvalue weighted by Gasteiger charge is 2.10. The summed E-state index contributed by atoms with van der Waals surface area (Å²) < 4.78 is 1.74. The third-order valence-corrected chi connectivity index (χ3v) is 5.07. The Morgan fingerprint density at radius 2 is 1.93 bits per heavy atom. The fraction of sp³-hybridized carbons (Fsp3) is 0.150. The van der Waals surface area contributed by atoms with Gasteiger partial charge in [-0.1, -0.05) is 36.0 Å². The number of thioether (sulfide) groups is 1. The van der Waals surface area contributed by atoms with Gasteiger partial charge >= 0.3 is 0 Å². The summed E-state index contributed by atoms with van der Waals surface area (Å²) >= 11 is 1.63. The highest BCUT2D eigenvalue weighted by molar-refractivity contribution is 7.98. The first kappa shape index (κ1) is 18.1. The van der Waals surface area contributed by atoms with E-state index in [1.165, 1.54) is 0 Å². The number of hydrogen-bond donors (Lipinski definition) is 1. The normalized spacial score (nSPS) is 10.9. The van der Waals surface area contributed by atoms with Crippen molar-refractivity contribution in [2.24, 2.45) is 0 Å². The summed E-state index contributed by atoms with van der Waals surface area (Å²) in [5, 5.41) is 16.8. The van der Waals surface area contributed by atoms with Gasteiger partial charge in [-0.2, -0.15) is 9.61 Å². The Labute approximate surface area is 166 Å². The number of fused-ring (bicyclic) bond motifs is 1. The number of hydrogen-bond acceptors (Lipinski definition) is 6. The Kier molecular flexibility index (Phi) is 5.58. The van der Waals surface area contributed by atoms with Crippen molar-refractivity contribution in [3.8, 4) is 0 Å². The summed E-state index contributed by atoms with van der Waals surface area (Å²) in [5.74, 6) is 1.40. The van der Waals surface area contributed by atoms with E-state index in [2.05, 4.69) is 25.6 Å². The lowest BCUT2D eigenvalue weighted by Gasteiger charge is -2.05. The lowest BCUT2D eigenvalue weighted by Crippen LogP contribution is -2.26. The van der Waals surface area contributed by atoms with Gasteiger partial charge in [-0.25, -0.2) is 0 Å². The van der Waals surface area contributed by atoms with E-state index in [-0.39, 0.29) is 5.91 Å². The van der Waals surface area contributed by atoms with Crippen LogP contribution in [0.15, 0.2) is 72.0 Å². The second kappa shape index (κ2) is 8.62. The van der Waals surface area contributed by atoms with Crippen LogP contribution in [-0.4, -0.2) is 37.2 Å². The Bertz CT molecular complexity index is 1070. The third-order valence-electron chi connectivity index (χ3n) is 4.08. The lowest BCUT2D eigenvalue weighted by molar-refractivity contribution is 0.0954. The fourth-order valence-electron chi connectivity index (χ4n) is 2.67. The number of carbonyl (C=O) groups excluding carboxylic acids is 1. The zero-order valence-corrected chi connectivity index (χ0v) is 15.8. The minimum Gasteiger partial charge on any atom is -0.352 e. The van der Waals surface area contributed by atoms with Gasteiger partial charge in [0, 0.05) is 36.7 Å². The van der Waals surface area contributed by atoms with E-state index in [4.69, 9.17) is 0 Å². The Morgan fingerprint density at radius 1 is 1.04 bits per heavy atom. The van der Waals surface area contributed by atoms with Gasteiger partial charge in [-0.3, -0.25) is 9.78 Å². The minimum atomic E-state index is -0.102. The lowest BCUT2D eigenvalue weighted by atomic mass is 10.2. The molecule has 0 fully saturated rings. The molecule has 1 amide bonds. The number of pyridine rings is 1. The molecule has 140 valence electrons. The summed E-state index contributed by atoms with van der Waals surface area (Å²) in [5.41, 5.74) is 2.47. The highest BCUT2D eigenvalue weighted by atomic mass is 32.2. The number of rotatable bonds is 7.